The monoisotopic (exact) mass is 527 g/mol. The molecule has 0 fully saturated rings. The van der Waals surface area contributed by atoms with E-state index in [9.17, 15) is 9.18 Å². The molecule has 4 aromatic rings. The second-order valence-corrected chi connectivity index (χ2v) is 9.11. The average Bonchev–Trinajstić information content (AvgIpc) is 3.34. The molecule has 3 aromatic carbocycles. The van der Waals surface area contributed by atoms with Crippen molar-refractivity contribution in [1.29, 1.82) is 5.26 Å². The van der Waals surface area contributed by atoms with Crippen molar-refractivity contribution in [3.05, 3.63) is 103 Å². The number of ether oxygens (including phenoxy) is 1. The minimum absolute atomic E-state index is 0.0653. The molecule has 0 aliphatic heterocycles. The van der Waals surface area contributed by atoms with E-state index in [4.69, 9.17) is 10.00 Å². The Bertz CT molecular complexity index is 1420. The van der Waals surface area contributed by atoms with Gasteiger partial charge in [-0.1, -0.05) is 66.4 Å². The third-order valence-corrected chi connectivity index (χ3v) is 6.60. The lowest BCUT2D eigenvalue weighted by atomic mass is 10.1. The van der Waals surface area contributed by atoms with Gasteiger partial charge in [0.1, 0.15) is 18.2 Å². The Morgan fingerprint density at radius 2 is 1.82 bits per heavy atom. The van der Waals surface area contributed by atoms with E-state index in [1.165, 1.54) is 40.9 Å². The number of anilines is 1. The Morgan fingerprint density at radius 1 is 1.08 bits per heavy atom. The first-order valence-corrected chi connectivity index (χ1v) is 12.9. The van der Waals surface area contributed by atoms with Crippen LogP contribution in [0.3, 0.4) is 0 Å². The molecule has 0 saturated heterocycles. The van der Waals surface area contributed by atoms with Gasteiger partial charge in [-0.25, -0.2) is 4.39 Å². The third-order valence-electron chi connectivity index (χ3n) is 5.65. The quantitative estimate of drug-likeness (QED) is 0.169. The number of para-hydroxylation sites is 1. The van der Waals surface area contributed by atoms with Crippen LogP contribution in [0.25, 0.3) is 11.1 Å². The molecule has 192 valence electrons. The van der Waals surface area contributed by atoms with E-state index in [2.05, 4.69) is 22.8 Å². The molecule has 7 nitrogen and oxygen atoms in total. The molecular weight excluding hydrogens is 501 g/mol. The number of allylic oxidation sites excluding steroid dienone is 1. The number of rotatable bonds is 12. The van der Waals surface area contributed by atoms with Crippen molar-refractivity contribution >= 4 is 23.4 Å². The number of hydrogen-bond acceptors (Lipinski definition) is 6. The zero-order valence-corrected chi connectivity index (χ0v) is 21.5. The van der Waals surface area contributed by atoms with Gasteiger partial charge in [0.25, 0.3) is 0 Å². The van der Waals surface area contributed by atoms with Crippen molar-refractivity contribution in [2.75, 3.05) is 17.2 Å². The number of carbonyl (C=O) groups excluding carboxylic acids is 1. The van der Waals surface area contributed by atoms with Crippen molar-refractivity contribution in [2.45, 2.75) is 24.7 Å². The average molecular weight is 528 g/mol. The zero-order chi connectivity index (χ0) is 26.7. The summed E-state index contributed by atoms with van der Waals surface area (Å²) in [6.45, 7) is 4.67. The molecule has 0 saturated carbocycles. The number of aromatic nitrogens is 3. The highest BCUT2D eigenvalue weighted by molar-refractivity contribution is 7.99. The van der Waals surface area contributed by atoms with Crippen LogP contribution < -0.4 is 9.64 Å². The fourth-order valence-corrected chi connectivity index (χ4v) is 4.66. The number of amides is 1. The summed E-state index contributed by atoms with van der Waals surface area (Å²) in [7, 11) is 0. The fraction of sp³-hybridized carbons (Fsp3) is 0.172. The van der Waals surface area contributed by atoms with Crippen molar-refractivity contribution in [3.63, 3.8) is 0 Å². The highest BCUT2D eigenvalue weighted by Crippen LogP contribution is 2.30. The first kappa shape index (κ1) is 26.6. The first-order valence-electron chi connectivity index (χ1n) is 12.0. The third kappa shape index (κ3) is 6.66. The summed E-state index contributed by atoms with van der Waals surface area (Å²) in [6, 6.07) is 25.5. The maximum absolute atomic E-state index is 13.4. The van der Waals surface area contributed by atoms with Crippen LogP contribution in [-0.4, -0.2) is 33.0 Å². The van der Waals surface area contributed by atoms with Gasteiger partial charge in [0.2, 0.25) is 5.91 Å². The second kappa shape index (κ2) is 13.2. The molecule has 0 radical (unpaired) electrons. The van der Waals surface area contributed by atoms with Crippen LogP contribution in [0.15, 0.2) is 96.7 Å². The highest BCUT2D eigenvalue weighted by Gasteiger charge is 2.19. The van der Waals surface area contributed by atoms with Gasteiger partial charge in [0, 0.05) is 24.3 Å². The van der Waals surface area contributed by atoms with Crippen LogP contribution >= 0.6 is 11.8 Å². The molecule has 0 bridgehead atoms. The number of nitriles is 1. The maximum atomic E-state index is 13.4. The summed E-state index contributed by atoms with van der Waals surface area (Å²) >= 11 is 1.24. The standard InChI is InChI=1S/C29H26FN5O2S/c1-2-18-35-27(20-37-26-12-7-6-11-25(26)22-9-4-3-5-10-22)32-33-29(35)38-21-28(36)34(19-8-17-31)24-15-13-23(30)14-16-24/h2-7,9-16H,1,8,18-21H2. The first-order chi connectivity index (χ1) is 18.6. The lowest BCUT2D eigenvalue weighted by Gasteiger charge is -2.21. The van der Waals surface area contributed by atoms with E-state index in [1.807, 2.05) is 59.2 Å². The lowest BCUT2D eigenvalue weighted by molar-refractivity contribution is -0.116. The van der Waals surface area contributed by atoms with Crippen LogP contribution in [0.4, 0.5) is 10.1 Å². The molecule has 0 N–H and O–H groups in total. The number of halogens is 1. The Hall–Kier alpha value is -4.42. The number of benzene rings is 3. The van der Waals surface area contributed by atoms with Crippen LogP contribution in [0.1, 0.15) is 12.2 Å². The summed E-state index contributed by atoms with van der Waals surface area (Å²) in [5.74, 6) is 0.774. The van der Waals surface area contributed by atoms with Crippen molar-refractivity contribution in [3.8, 4) is 22.9 Å². The van der Waals surface area contributed by atoms with Crippen LogP contribution in [-0.2, 0) is 17.9 Å². The summed E-state index contributed by atoms with van der Waals surface area (Å²) in [5, 5.41) is 18.1. The lowest BCUT2D eigenvalue weighted by Crippen LogP contribution is -2.33. The van der Waals surface area contributed by atoms with Crippen LogP contribution in [0, 0.1) is 17.1 Å². The summed E-state index contributed by atoms with van der Waals surface area (Å²) in [5.41, 5.74) is 2.56. The number of thioether (sulfide) groups is 1. The van der Waals surface area contributed by atoms with E-state index in [-0.39, 0.29) is 31.2 Å². The molecule has 9 heteroatoms. The molecule has 1 heterocycles. The second-order valence-electron chi connectivity index (χ2n) is 8.17. The summed E-state index contributed by atoms with van der Waals surface area (Å²) in [4.78, 5) is 14.5. The van der Waals surface area contributed by atoms with Gasteiger partial charge in [-0.05, 0) is 35.9 Å². The summed E-state index contributed by atoms with van der Waals surface area (Å²) in [6.07, 6.45) is 1.89. The zero-order valence-electron chi connectivity index (χ0n) is 20.7. The van der Waals surface area contributed by atoms with Crippen molar-refractivity contribution in [2.24, 2.45) is 0 Å². The highest BCUT2D eigenvalue weighted by atomic mass is 32.2. The van der Waals surface area contributed by atoms with E-state index < -0.39 is 5.82 Å². The fourth-order valence-electron chi connectivity index (χ4n) is 3.82. The smallest absolute Gasteiger partial charge is 0.237 e. The number of hydrogen-bond donors (Lipinski definition) is 0. The van der Waals surface area contributed by atoms with E-state index in [1.54, 1.807) is 6.08 Å². The SMILES string of the molecule is C=CCn1c(COc2ccccc2-c2ccccc2)nnc1SCC(=O)N(CCC#N)c1ccc(F)cc1. The van der Waals surface area contributed by atoms with E-state index in [0.717, 1.165) is 16.9 Å². The molecule has 1 amide bonds. The van der Waals surface area contributed by atoms with Gasteiger partial charge < -0.3 is 9.64 Å². The topological polar surface area (TPSA) is 84.0 Å². The molecule has 0 spiro atoms. The molecule has 1 aromatic heterocycles. The van der Waals surface area contributed by atoms with Gasteiger partial charge in [0.15, 0.2) is 11.0 Å². The minimum Gasteiger partial charge on any atom is -0.485 e. The Labute approximate surface area is 225 Å². The molecule has 38 heavy (non-hydrogen) atoms. The Morgan fingerprint density at radius 3 is 2.55 bits per heavy atom. The summed E-state index contributed by atoms with van der Waals surface area (Å²) < 4.78 is 21.4. The van der Waals surface area contributed by atoms with Crippen LogP contribution in [0.5, 0.6) is 5.75 Å². The van der Waals surface area contributed by atoms with Gasteiger partial charge in [-0.3, -0.25) is 9.36 Å². The normalized spacial score (nSPS) is 10.5. The largest absolute Gasteiger partial charge is 0.485 e. The van der Waals surface area contributed by atoms with E-state index in [0.29, 0.717) is 23.2 Å². The molecule has 0 unspecified atom stereocenters. The van der Waals surface area contributed by atoms with Gasteiger partial charge in [-0.2, -0.15) is 5.26 Å². The predicted octanol–water partition coefficient (Wildman–Crippen LogP) is 5.89. The Kier molecular flexibility index (Phi) is 9.27. The molecule has 0 aliphatic rings. The number of nitrogens with zero attached hydrogens (tertiary/aromatic N) is 5. The molecule has 0 atom stereocenters. The van der Waals surface area contributed by atoms with Crippen LogP contribution in [0.2, 0.25) is 0 Å². The maximum Gasteiger partial charge on any atom is 0.237 e. The van der Waals surface area contributed by atoms with Crippen molar-refractivity contribution in [1.82, 2.24) is 14.8 Å². The molecular formula is C29H26FN5O2S. The number of carbonyl (C=O) groups is 1. The van der Waals surface area contributed by atoms with Gasteiger partial charge in [-0.15, -0.1) is 16.8 Å². The van der Waals surface area contributed by atoms with E-state index >= 15 is 0 Å². The van der Waals surface area contributed by atoms with Gasteiger partial charge in [0.05, 0.1) is 18.2 Å². The van der Waals surface area contributed by atoms with Gasteiger partial charge >= 0.3 is 0 Å². The predicted molar refractivity (Wildman–Crippen MR) is 146 cm³/mol. The van der Waals surface area contributed by atoms with Crippen molar-refractivity contribution < 1.29 is 13.9 Å². The minimum atomic E-state index is -0.394. The Balaban J connectivity index is 1.47. The molecule has 4 rings (SSSR count). The molecule has 0 aliphatic carbocycles.